The van der Waals surface area contributed by atoms with Crippen molar-refractivity contribution >= 4 is 48.9 Å². The number of nitrogens with one attached hydrogen (secondary N) is 1. The summed E-state index contributed by atoms with van der Waals surface area (Å²) in [5.41, 5.74) is 7.56. The zero-order chi connectivity index (χ0) is 14.9. The zero-order valence-electron chi connectivity index (χ0n) is 10.5. The van der Waals surface area contributed by atoms with Crippen molar-refractivity contribution in [2.45, 2.75) is 11.8 Å². The molecule has 106 valence electrons. The van der Waals surface area contributed by atoms with Crippen LogP contribution in [0.1, 0.15) is 5.56 Å². The molecule has 0 aromatic heterocycles. The van der Waals surface area contributed by atoms with Gasteiger partial charge in [0.15, 0.2) is 0 Å². The maximum Gasteiger partial charge on any atom is 0.263 e. The summed E-state index contributed by atoms with van der Waals surface area (Å²) >= 11 is 9.19. The molecule has 0 heterocycles. The number of benzene rings is 2. The summed E-state index contributed by atoms with van der Waals surface area (Å²) in [6, 6.07) is 9.54. The standard InChI is InChI=1S/C13H12BrClN2O2S/c1-8-2-4-10(7-12(8)16)17-20(18,19)13-5-3-9(14)6-11(13)15/h2-7,17H,16H2,1H3. The molecule has 2 rings (SSSR count). The van der Waals surface area contributed by atoms with E-state index >= 15 is 0 Å². The average Bonchev–Trinajstić information content (AvgIpc) is 2.33. The second-order valence-electron chi connectivity index (χ2n) is 4.25. The third kappa shape index (κ3) is 3.26. The van der Waals surface area contributed by atoms with E-state index in [4.69, 9.17) is 17.3 Å². The lowest BCUT2D eigenvalue weighted by Crippen LogP contribution is -2.13. The lowest BCUT2D eigenvalue weighted by atomic mass is 10.2. The predicted molar refractivity (Wildman–Crippen MR) is 85.6 cm³/mol. The van der Waals surface area contributed by atoms with Crippen molar-refractivity contribution in [2.24, 2.45) is 0 Å². The van der Waals surface area contributed by atoms with E-state index in [-0.39, 0.29) is 9.92 Å². The summed E-state index contributed by atoms with van der Waals surface area (Å²) in [6.45, 7) is 1.85. The molecular formula is C13H12BrClN2O2S. The maximum absolute atomic E-state index is 12.3. The molecule has 0 unspecified atom stereocenters. The Balaban J connectivity index is 2.38. The minimum absolute atomic E-state index is 0.0153. The van der Waals surface area contributed by atoms with E-state index in [1.54, 1.807) is 24.3 Å². The molecule has 2 aromatic rings. The number of nitrogens with two attached hydrogens (primary N) is 1. The van der Waals surface area contributed by atoms with Crippen molar-refractivity contribution in [3.05, 3.63) is 51.5 Å². The van der Waals surface area contributed by atoms with E-state index in [1.165, 1.54) is 12.1 Å². The van der Waals surface area contributed by atoms with Crippen molar-refractivity contribution in [1.82, 2.24) is 0 Å². The Hall–Kier alpha value is -1.24. The molecule has 0 bridgehead atoms. The molecule has 20 heavy (non-hydrogen) atoms. The van der Waals surface area contributed by atoms with Gasteiger partial charge in [0, 0.05) is 10.2 Å². The maximum atomic E-state index is 12.3. The second kappa shape index (κ2) is 5.63. The van der Waals surface area contributed by atoms with Gasteiger partial charge in [0.2, 0.25) is 0 Å². The van der Waals surface area contributed by atoms with E-state index in [2.05, 4.69) is 20.7 Å². The van der Waals surface area contributed by atoms with Gasteiger partial charge in [-0.05, 0) is 42.8 Å². The Morgan fingerprint density at radius 3 is 2.50 bits per heavy atom. The first-order valence-electron chi connectivity index (χ1n) is 5.63. The molecule has 0 saturated heterocycles. The Morgan fingerprint density at radius 1 is 1.20 bits per heavy atom. The fourth-order valence-corrected chi connectivity index (χ4v) is 3.70. The fraction of sp³-hybridized carbons (Fsp3) is 0.0769. The highest BCUT2D eigenvalue weighted by Gasteiger charge is 2.18. The van der Waals surface area contributed by atoms with Crippen molar-refractivity contribution < 1.29 is 8.42 Å². The largest absolute Gasteiger partial charge is 0.398 e. The number of aryl methyl sites for hydroxylation is 1. The van der Waals surface area contributed by atoms with Gasteiger partial charge in [0.1, 0.15) is 4.90 Å². The number of hydrogen-bond acceptors (Lipinski definition) is 3. The van der Waals surface area contributed by atoms with E-state index in [9.17, 15) is 8.42 Å². The number of hydrogen-bond donors (Lipinski definition) is 2. The summed E-state index contributed by atoms with van der Waals surface area (Å²) in [6.07, 6.45) is 0. The Morgan fingerprint density at radius 2 is 1.90 bits per heavy atom. The molecule has 2 aromatic carbocycles. The third-order valence-electron chi connectivity index (χ3n) is 2.71. The van der Waals surface area contributed by atoms with Crippen LogP contribution >= 0.6 is 27.5 Å². The average molecular weight is 376 g/mol. The topological polar surface area (TPSA) is 72.2 Å². The summed E-state index contributed by atoms with van der Waals surface area (Å²) in [4.78, 5) is 0.0153. The molecule has 0 saturated carbocycles. The second-order valence-corrected chi connectivity index (χ2v) is 7.23. The first-order chi connectivity index (χ1) is 9.29. The van der Waals surface area contributed by atoms with Crippen LogP contribution in [0.15, 0.2) is 45.8 Å². The molecule has 0 aliphatic heterocycles. The molecule has 4 nitrogen and oxygen atoms in total. The summed E-state index contributed by atoms with van der Waals surface area (Å²) in [5, 5.41) is 0.145. The molecular weight excluding hydrogens is 364 g/mol. The number of nitrogen functional groups attached to an aromatic ring is 1. The first-order valence-corrected chi connectivity index (χ1v) is 8.29. The van der Waals surface area contributed by atoms with Gasteiger partial charge < -0.3 is 5.73 Å². The smallest absolute Gasteiger partial charge is 0.263 e. The molecule has 0 aliphatic carbocycles. The molecule has 0 aliphatic rings. The van der Waals surface area contributed by atoms with Gasteiger partial charge in [-0.3, -0.25) is 4.72 Å². The predicted octanol–water partition coefficient (Wildman–Crippen LogP) is 3.79. The highest BCUT2D eigenvalue weighted by atomic mass is 79.9. The van der Waals surface area contributed by atoms with Gasteiger partial charge in [-0.15, -0.1) is 0 Å². The van der Waals surface area contributed by atoms with Crippen LogP contribution in [0.4, 0.5) is 11.4 Å². The molecule has 0 spiro atoms. The van der Waals surface area contributed by atoms with Crippen molar-refractivity contribution in [1.29, 1.82) is 0 Å². The summed E-state index contributed by atoms with van der Waals surface area (Å²) < 4.78 is 27.7. The highest BCUT2D eigenvalue weighted by molar-refractivity contribution is 9.10. The van der Waals surface area contributed by atoms with Crippen LogP contribution in [0.3, 0.4) is 0 Å². The first kappa shape index (κ1) is 15.2. The summed E-state index contributed by atoms with van der Waals surface area (Å²) in [7, 11) is -3.75. The minimum Gasteiger partial charge on any atom is -0.398 e. The Kier molecular flexibility index (Phi) is 4.27. The van der Waals surface area contributed by atoms with Crippen LogP contribution in [0.5, 0.6) is 0 Å². The molecule has 7 heteroatoms. The van der Waals surface area contributed by atoms with Gasteiger partial charge >= 0.3 is 0 Å². The van der Waals surface area contributed by atoms with E-state index < -0.39 is 10.0 Å². The van der Waals surface area contributed by atoms with Crippen LogP contribution in [0.2, 0.25) is 5.02 Å². The van der Waals surface area contributed by atoms with Gasteiger partial charge in [-0.25, -0.2) is 8.42 Å². The molecule has 0 radical (unpaired) electrons. The van der Waals surface area contributed by atoms with Crippen molar-refractivity contribution in [3.63, 3.8) is 0 Å². The van der Waals surface area contributed by atoms with Crippen molar-refractivity contribution in [3.8, 4) is 0 Å². The van der Waals surface area contributed by atoms with Gasteiger partial charge in [-0.2, -0.15) is 0 Å². The van der Waals surface area contributed by atoms with Gasteiger partial charge in [0.25, 0.3) is 10.0 Å². The minimum atomic E-state index is -3.75. The number of anilines is 2. The SMILES string of the molecule is Cc1ccc(NS(=O)(=O)c2ccc(Br)cc2Cl)cc1N. The molecule has 0 fully saturated rings. The lowest BCUT2D eigenvalue weighted by Gasteiger charge is -2.11. The Bertz CT molecular complexity index is 763. The highest BCUT2D eigenvalue weighted by Crippen LogP contribution is 2.27. The van der Waals surface area contributed by atoms with Crippen LogP contribution in [0.25, 0.3) is 0 Å². The van der Waals surface area contributed by atoms with E-state index in [1.807, 2.05) is 6.92 Å². The van der Waals surface area contributed by atoms with E-state index in [0.717, 1.165) is 5.56 Å². The van der Waals surface area contributed by atoms with Gasteiger partial charge in [0.05, 0.1) is 10.7 Å². The normalized spacial score (nSPS) is 11.3. The Labute approximate surface area is 131 Å². The van der Waals surface area contributed by atoms with Crippen LogP contribution < -0.4 is 10.5 Å². The fourth-order valence-electron chi connectivity index (χ4n) is 1.61. The zero-order valence-corrected chi connectivity index (χ0v) is 13.7. The summed E-state index contributed by atoms with van der Waals surface area (Å²) in [5.74, 6) is 0. The molecule has 0 amide bonds. The number of halogens is 2. The third-order valence-corrected chi connectivity index (χ3v) is 5.07. The van der Waals surface area contributed by atoms with Gasteiger partial charge in [-0.1, -0.05) is 33.6 Å². The quantitative estimate of drug-likeness (QED) is 0.802. The molecule has 0 atom stereocenters. The van der Waals surface area contributed by atoms with Crippen LogP contribution in [-0.4, -0.2) is 8.42 Å². The monoisotopic (exact) mass is 374 g/mol. The van der Waals surface area contributed by atoms with Crippen molar-refractivity contribution in [2.75, 3.05) is 10.5 Å². The lowest BCUT2D eigenvalue weighted by molar-refractivity contribution is 0.601. The van der Waals surface area contributed by atoms with Crippen LogP contribution in [-0.2, 0) is 10.0 Å². The number of rotatable bonds is 3. The number of sulfonamides is 1. The van der Waals surface area contributed by atoms with E-state index in [0.29, 0.717) is 15.8 Å². The van der Waals surface area contributed by atoms with Crippen LogP contribution in [0, 0.1) is 6.92 Å². The molecule has 3 N–H and O–H groups in total.